The standard InChI is InChI=1S/C21H26BrN3O4S/c1-15-6-5-7-17(12-15)13-24(16(2)21(27)23-3)20(26)14-25(30(4,28)29)19-10-8-18(22)9-11-19/h5-12,16H,13-14H2,1-4H3,(H,23,27)/t16-/m0/s1. The first-order chi connectivity index (χ1) is 14.0. The molecule has 0 aliphatic carbocycles. The van der Waals surface area contributed by atoms with Crippen LogP contribution in [0.1, 0.15) is 18.1 Å². The van der Waals surface area contributed by atoms with E-state index < -0.39 is 28.5 Å². The van der Waals surface area contributed by atoms with Gasteiger partial charge in [0.25, 0.3) is 0 Å². The first-order valence-electron chi connectivity index (χ1n) is 9.33. The average molecular weight is 496 g/mol. The van der Waals surface area contributed by atoms with Crippen molar-refractivity contribution in [3.05, 3.63) is 64.1 Å². The number of carbonyl (C=O) groups is 2. The van der Waals surface area contributed by atoms with Gasteiger partial charge in [-0.3, -0.25) is 13.9 Å². The predicted octanol–water partition coefficient (Wildman–Crippen LogP) is 2.69. The average Bonchev–Trinajstić information content (AvgIpc) is 2.69. The summed E-state index contributed by atoms with van der Waals surface area (Å²) in [6, 6.07) is 13.5. The van der Waals surface area contributed by atoms with E-state index in [1.807, 2.05) is 31.2 Å². The number of rotatable bonds is 8. The molecular formula is C21H26BrN3O4S. The second-order valence-electron chi connectivity index (χ2n) is 7.05. The number of hydrogen-bond acceptors (Lipinski definition) is 4. The van der Waals surface area contributed by atoms with Crippen LogP contribution in [0.15, 0.2) is 53.0 Å². The van der Waals surface area contributed by atoms with Gasteiger partial charge in [-0.2, -0.15) is 0 Å². The zero-order chi connectivity index (χ0) is 22.5. The zero-order valence-corrected chi connectivity index (χ0v) is 19.8. The lowest BCUT2D eigenvalue weighted by Gasteiger charge is -2.31. The molecule has 0 aliphatic heterocycles. The molecule has 30 heavy (non-hydrogen) atoms. The van der Waals surface area contributed by atoms with Gasteiger partial charge >= 0.3 is 0 Å². The highest BCUT2D eigenvalue weighted by Gasteiger charge is 2.29. The van der Waals surface area contributed by atoms with Gasteiger partial charge in [0, 0.05) is 18.1 Å². The number of halogens is 1. The smallest absolute Gasteiger partial charge is 0.244 e. The molecule has 9 heteroatoms. The first-order valence-corrected chi connectivity index (χ1v) is 12.0. The van der Waals surface area contributed by atoms with Crippen LogP contribution in [0.2, 0.25) is 0 Å². The molecule has 0 saturated heterocycles. The van der Waals surface area contributed by atoms with E-state index >= 15 is 0 Å². The lowest BCUT2D eigenvalue weighted by Crippen LogP contribution is -2.50. The maximum absolute atomic E-state index is 13.2. The topological polar surface area (TPSA) is 86.8 Å². The van der Waals surface area contributed by atoms with Crippen molar-refractivity contribution < 1.29 is 18.0 Å². The van der Waals surface area contributed by atoms with Crippen LogP contribution in [0.5, 0.6) is 0 Å². The maximum Gasteiger partial charge on any atom is 0.244 e. The second-order valence-corrected chi connectivity index (χ2v) is 9.87. The van der Waals surface area contributed by atoms with E-state index in [1.165, 1.54) is 11.9 Å². The Morgan fingerprint density at radius 2 is 1.77 bits per heavy atom. The Labute approximate surface area is 186 Å². The second kappa shape index (κ2) is 10.1. The molecule has 2 aromatic carbocycles. The summed E-state index contributed by atoms with van der Waals surface area (Å²) in [5.74, 6) is -0.800. The molecule has 0 fully saturated rings. The predicted molar refractivity (Wildman–Crippen MR) is 122 cm³/mol. The normalized spacial score (nSPS) is 12.2. The van der Waals surface area contributed by atoms with Gasteiger partial charge in [-0.1, -0.05) is 45.8 Å². The van der Waals surface area contributed by atoms with Gasteiger partial charge in [-0.05, 0) is 43.7 Å². The van der Waals surface area contributed by atoms with Crippen molar-refractivity contribution >= 4 is 43.5 Å². The fourth-order valence-electron chi connectivity index (χ4n) is 3.02. The minimum Gasteiger partial charge on any atom is -0.357 e. The van der Waals surface area contributed by atoms with Crippen LogP contribution in [-0.2, 0) is 26.2 Å². The Hall–Kier alpha value is -2.39. The Bertz CT molecular complexity index is 1010. The monoisotopic (exact) mass is 495 g/mol. The van der Waals surface area contributed by atoms with Crippen LogP contribution in [0.3, 0.4) is 0 Å². The molecule has 0 bridgehead atoms. The molecule has 0 unspecified atom stereocenters. The number of benzene rings is 2. The van der Waals surface area contributed by atoms with E-state index in [1.54, 1.807) is 31.2 Å². The number of hydrogen-bond donors (Lipinski definition) is 1. The molecule has 0 aromatic heterocycles. The fourth-order valence-corrected chi connectivity index (χ4v) is 4.13. The number of carbonyl (C=O) groups excluding carboxylic acids is 2. The van der Waals surface area contributed by atoms with Gasteiger partial charge < -0.3 is 10.2 Å². The third kappa shape index (κ3) is 6.30. The molecule has 0 heterocycles. The Kier molecular flexibility index (Phi) is 8.03. The number of amides is 2. The minimum atomic E-state index is -3.72. The summed E-state index contributed by atoms with van der Waals surface area (Å²) in [5, 5.41) is 2.55. The van der Waals surface area contributed by atoms with Crippen molar-refractivity contribution in [1.29, 1.82) is 0 Å². The summed E-state index contributed by atoms with van der Waals surface area (Å²) in [7, 11) is -2.22. The lowest BCUT2D eigenvalue weighted by molar-refractivity contribution is -0.139. The molecule has 2 rings (SSSR count). The SMILES string of the molecule is CNC(=O)[C@H](C)N(Cc1cccc(C)c1)C(=O)CN(c1ccc(Br)cc1)S(C)(=O)=O. The van der Waals surface area contributed by atoms with E-state index in [0.29, 0.717) is 5.69 Å². The molecule has 0 aliphatic rings. The molecule has 0 spiro atoms. The molecular weight excluding hydrogens is 470 g/mol. The van der Waals surface area contributed by atoms with Crippen LogP contribution in [0, 0.1) is 6.92 Å². The molecule has 2 aromatic rings. The fraction of sp³-hybridized carbons (Fsp3) is 0.333. The molecule has 2 amide bonds. The largest absolute Gasteiger partial charge is 0.357 e. The van der Waals surface area contributed by atoms with Gasteiger partial charge in [0.2, 0.25) is 21.8 Å². The van der Waals surface area contributed by atoms with E-state index in [0.717, 1.165) is 26.2 Å². The van der Waals surface area contributed by atoms with Crippen molar-refractivity contribution in [3.63, 3.8) is 0 Å². The van der Waals surface area contributed by atoms with E-state index in [4.69, 9.17) is 0 Å². The summed E-state index contributed by atoms with van der Waals surface area (Å²) in [6.07, 6.45) is 1.05. The van der Waals surface area contributed by atoms with E-state index in [-0.39, 0.29) is 12.5 Å². The van der Waals surface area contributed by atoms with Gasteiger partial charge in [-0.25, -0.2) is 8.42 Å². The quantitative estimate of drug-likeness (QED) is 0.609. The summed E-state index contributed by atoms with van der Waals surface area (Å²) in [5.41, 5.74) is 2.26. The number of anilines is 1. The Morgan fingerprint density at radius 1 is 1.13 bits per heavy atom. The van der Waals surface area contributed by atoms with Crippen molar-refractivity contribution in [2.75, 3.05) is 24.2 Å². The first kappa shape index (κ1) is 23.9. The molecule has 1 atom stereocenters. The van der Waals surface area contributed by atoms with Gasteiger partial charge in [0.05, 0.1) is 11.9 Å². The van der Waals surface area contributed by atoms with Crippen molar-refractivity contribution in [3.8, 4) is 0 Å². The number of nitrogens with one attached hydrogen (secondary N) is 1. The van der Waals surface area contributed by atoms with Crippen molar-refractivity contribution in [2.24, 2.45) is 0 Å². The van der Waals surface area contributed by atoms with Crippen LogP contribution in [-0.4, -0.2) is 51.0 Å². The van der Waals surface area contributed by atoms with Crippen LogP contribution < -0.4 is 9.62 Å². The molecule has 1 N–H and O–H groups in total. The van der Waals surface area contributed by atoms with Crippen LogP contribution in [0.4, 0.5) is 5.69 Å². The van der Waals surface area contributed by atoms with Crippen molar-refractivity contribution in [1.82, 2.24) is 10.2 Å². The highest BCUT2D eigenvalue weighted by molar-refractivity contribution is 9.10. The molecule has 0 saturated carbocycles. The van der Waals surface area contributed by atoms with Crippen molar-refractivity contribution in [2.45, 2.75) is 26.4 Å². The summed E-state index contributed by atoms with van der Waals surface area (Å²) < 4.78 is 26.6. The molecule has 162 valence electrons. The highest BCUT2D eigenvalue weighted by Crippen LogP contribution is 2.21. The highest BCUT2D eigenvalue weighted by atomic mass is 79.9. The number of aryl methyl sites for hydroxylation is 1. The maximum atomic E-state index is 13.2. The third-order valence-electron chi connectivity index (χ3n) is 4.64. The summed E-state index contributed by atoms with van der Waals surface area (Å²) in [4.78, 5) is 26.9. The Balaban J connectivity index is 2.36. The van der Waals surface area contributed by atoms with Crippen LogP contribution >= 0.6 is 15.9 Å². The molecule has 0 radical (unpaired) electrons. The number of nitrogens with zero attached hydrogens (tertiary/aromatic N) is 2. The van der Waals surface area contributed by atoms with E-state index in [2.05, 4.69) is 21.2 Å². The summed E-state index contributed by atoms with van der Waals surface area (Å²) in [6.45, 7) is 3.34. The number of likely N-dealkylation sites (N-methyl/N-ethyl adjacent to an activating group) is 1. The van der Waals surface area contributed by atoms with Gasteiger partial charge in [0.15, 0.2) is 0 Å². The summed E-state index contributed by atoms with van der Waals surface area (Å²) >= 11 is 3.32. The lowest BCUT2D eigenvalue weighted by atomic mass is 10.1. The number of sulfonamides is 1. The van der Waals surface area contributed by atoms with Gasteiger partial charge in [-0.15, -0.1) is 0 Å². The third-order valence-corrected chi connectivity index (χ3v) is 6.31. The molecule has 7 nitrogen and oxygen atoms in total. The van der Waals surface area contributed by atoms with Crippen LogP contribution in [0.25, 0.3) is 0 Å². The van der Waals surface area contributed by atoms with Gasteiger partial charge in [0.1, 0.15) is 12.6 Å². The Morgan fingerprint density at radius 3 is 2.30 bits per heavy atom. The zero-order valence-electron chi connectivity index (χ0n) is 17.4. The van der Waals surface area contributed by atoms with E-state index in [9.17, 15) is 18.0 Å². The minimum absolute atomic E-state index is 0.188.